The summed E-state index contributed by atoms with van der Waals surface area (Å²) in [6.45, 7) is 4.07. The number of rotatable bonds is 6. The number of nitrogens with zero attached hydrogens (tertiary/aromatic N) is 1. The standard InChI is InChI=1S/C14H16N2O2/c1-2-9-18-13-7-3-11(4-8-13)10-15-16-14(17)12-5-6-12/h2-4,7-8,10,12H,1,5-6,9H2,(H,16,17)/b15-10+. The Kier molecular flexibility index (Phi) is 4.12. The molecule has 0 bridgehead atoms. The van der Waals surface area contributed by atoms with Gasteiger partial charge < -0.3 is 4.74 Å². The lowest BCUT2D eigenvalue weighted by atomic mass is 10.2. The number of nitrogens with one attached hydrogen (secondary N) is 1. The maximum absolute atomic E-state index is 11.3. The maximum Gasteiger partial charge on any atom is 0.243 e. The van der Waals surface area contributed by atoms with E-state index in [1.807, 2.05) is 24.3 Å². The minimum absolute atomic E-state index is 0.0113. The van der Waals surface area contributed by atoms with E-state index in [0.29, 0.717) is 6.61 Å². The lowest BCUT2D eigenvalue weighted by Crippen LogP contribution is -2.18. The minimum Gasteiger partial charge on any atom is -0.490 e. The van der Waals surface area contributed by atoms with Crippen molar-refractivity contribution >= 4 is 12.1 Å². The number of carbonyl (C=O) groups excluding carboxylic acids is 1. The lowest BCUT2D eigenvalue weighted by Gasteiger charge is -2.02. The first-order chi connectivity index (χ1) is 8.79. The van der Waals surface area contributed by atoms with Crippen molar-refractivity contribution in [2.24, 2.45) is 11.0 Å². The molecule has 1 aliphatic rings. The third-order valence-electron chi connectivity index (χ3n) is 2.58. The first-order valence-corrected chi connectivity index (χ1v) is 5.96. The Hall–Kier alpha value is -2.10. The molecule has 1 aliphatic carbocycles. The monoisotopic (exact) mass is 244 g/mol. The van der Waals surface area contributed by atoms with Crippen molar-refractivity contribution in [3.8, 4) is 5.75 Å². The number of hydrogen-bond donors (Lipinski definition) is 1. The van der Waals surface area contributed by atoms with Crippen LogP contribution in [0.2, 0.25) is 0 Å². The van der Waals surface area contributed by atoms with Gasteiger partial charge in [-0.3, -0.25) is 4.79 Å². The van der Waals surface area contributed by atoms with Crippen molar-refractivity contribution in [1.29, 1.82) is 0 Å². The van der Waals surface area contributed by atoms with Gasteiger partial charge in [0.1, 0.15) is 12.4 Å². The highest BCUT2D eigenvalue weighted by atomic mass is 16.5. The molecule has 1 aromatic carbocycles. The second-order valence-electron chi connectivity index (χ2n) is 4.18. The fraction of sp³-hybridized carbons (Fsp3) is 0.286. The van der Waals surface area contributed by atoms with Crippen LogP contribution in [-0.2, 0) is 4.79 Å². The molecule has 18 heavy (non-hydrogen) atoms. The molecule has 0 radical (unpaired) electrons. The van der Waals surface area contributed by atoms with Gasteiger partial charge in [0, 0.05) is 5.92 Å². The van der Waals surface area contributed by atoms with Crippen LogP contribution in [-0.4, -0.2) is 18.7 Å². The van der Waals surface area contributed by atoms with Gasteiger partial charge in [0.15, 0.2) is 0 Å². The van der Waals surface area contributed by atoms with E-state index in [4.69, 9.17) is 4.74 Å². The van der Waals surface area contributed by atoms with Gasteiger partial charge in [0.05, 0.1) is 6.21 Å². The smallest absolute Gasteiger partial charge is 0.243 e. The molecule has 1 aromatic rings. The highest BCUT2D eigenvalue weighted by Gasteiger charge is 2.29. The molecular formula is C14H16N2O2. The molecule has 94 valence electrons. The summed E-state index contributed by atoms with van der Waals surface area (Å²) in [4.78, 5) is 11.3. The number of hydrogen-bond acceptors (Lipinski definition) is 3. The van der Waals surface area contributed by atoms with Crippen LogP contribution in [0.5, 0.6) is 5.75 Å². The van der Waals surface area contributed by atoms with Gasteiger partial charge in [0.25, 0.3) is 0 Å². The van der Waals surface area contributed by atoms with Crippen LogP contribution >= 0.6 is 0 Å². The largest absolute Gasteiger partial charge is 0.490 e. The maximum atomic E-state index is 11.3. The molecule has 1 N–H and O–H groups in total. The molecule has 0 heterocycles. The van der Waals surface area contributed by atoms with E-state index in [1.165, 1.54) is 0 Å². The fourth-order valence-electron chi connectivity index (χ4n) is 1.41. The Bertz CT molecular complexity index is 447. The Labute approximate surface area is 106 Å². The molecule has 0 saturated heterocycles. The van der Waals surface area contributed by atoms with E-state index < -0.39 is 0 Å². The molecule has 0 aromatic heterocycles. The molecule has 0 aliphatic heterocycles. The van der Waals surface area contributed by atoms with Crippen LogP contribution in [0.15, 0.2) is 42.0 Å². The third-order valence-corrected chi connectivity index (χ3v) is 2.58. The molecule has 1 saturated carbocycles. The molecule has 0 spiro atoms. The van der Waals surface area contributed by atoms with E-state index in [1.54, 1.807) is 12.3 Å². The van der Waals surface area contributed by atoms with Gasteiger partial charge in [-0.05, 0) is 42.7 Å². The van der Waals surface area contributed by atoms with E-state index in [2.05, 4.69) is 17.1 Å². The quantitative estimate of drug-likeness (QED) is 0.473. The second-order valence-corrected chi connectivity index (χ2v) is 4.18. The van der Waals surface area contributed by atoms with Gasteiger partial charge in [0.2, 0.25) is 5.91 Å². The van der Waals surface area contributed by atoms with Gasteiger partial charge in [-0.25, -0.2) is 5.43 Å². The van der Waals surface area contributed by atoms with E-state index in [-0.39, 0.29) is 11.8 Å². The third kappa shape index (κ3) is 3.73. The highest BCUT2D eigenvalue weighted by molar-refractivity contribution is 5.84. The SMILES string of the molecule is C=CCOc1ccc(/C=N/NC(=O)C2CC2)cc1. The zero-order valence-electron chi connectivity index (χ0n) is 10.1. The van der Waals surface area contributed by atoms with Crippen LogP contribution in [0.25, 0.3) is 0 Å². The Morgan fingerprint density at radius 1 is 1.44 bits per heavy atom. The molecule has 2 rings (SSSR count). The summed E-state index contributed by atoms with van der Waals surface area (Å²) in [5, 5.41) is 3.91. The van der Waals surface area contributed by atoms with Crippen LogP contribution in [0.4, 0.5) is 0 Å². The summed E-state index contributed by atoms with van der Waals surface area (Å²) in [7, 11) is 0. The van der Waals surface area contributed by atoms with Crippen LogP contribution in [0, 0.1) is 5.92 Å². The molecule has 0 unspecified atom stereocenters. The van der Waals surface area contributed by atoms with E-state index in [9.17, 15) is 4.79 Å². The number of amides is 1. The topological polar surface area (TPSA) is 50.7 Å². The summed E-state index contributed by atoms with van der Waals surface area (Å²) in [6.07, 6.45) is 5.29. The van der Waals surface area contributed by atoms with Crippen molar-refractivity contribution in [2.75, 3.05) is 6.61 Å². The van der Waals surface area contributed by atoms with Crippen LogP contribution < -0.4 is 10.2 Å². The van der Waals surface area contributed by atoms with Crippen molar-refractivity contribution in [1.82, 2.24) is 5.43 Å². The fourth-order valence-corrected chi connectivity index (χ4v) is 1.41. The second kappa shape index (κ2) is 6.00. The van der Waals surface area contributed by atoms with E-state index in [0.717, 1.165) is 24.2 Å². The first-order valence-electron chi connectivity index (χ1n) is 5.96. The van der Waals surface area contributed by atoms with Gasteiger partial charge >= 0.3 is 0 Å². The van der Waals surface area contributed by atoms with Crippen molar-refractivity contribution in [3.05, 3.63) is 42.5 Å². The average Bonchev–Trinajstić information content (AvgIpc) is 3.22. The number of benzene rings is 1. The molecule has 4 nitrogen and oxygen atoms in total. The minimum atomic E-state index is 0.0113. The van der Waals surface area contributed by atoms with Gasteiger partial charge in [-0.1, -0.05) is 12.7 Å². The predicted molar refractivity (Wildman–Crippen MR) is 70.6 cm³/mol. The predicted octanol–water partition coefficient (Wildman–Crippen LogP) is 2.11. The summed E-state index contributed by atoms with van der Waals surface area (Å²) in [6, 6.07) is 7.47. The summed E-state index contributed by atoms with van der Waals surface area (Å²) in [5.74, 6) is 0.975. The van der Waals surface area contributed by atoms with Crippen LogP contribution in [0.3, 0.4) is 0 Å². The van der Waals surface area contributed by atoms with Crippen molar-refractivity contribution < 1.29 is 9.53 Å². The Morgan fingerprint density at radius 3 is 2.78 bits per heavy atom. The normalized spacial score (nSPS) is 14.4. The summed E-state index contributed by atoms with van der Waals surface area (Å²) in [5.41, 5.74) is 3.44. The summed E-state index contributed by atoms with van der Waals surface area (Å²) < 4.78 is 5.36. The highest BCUT2D eigenvalue weighted by Crippen LogP contribution is 2.28. The zero-order valence-corrected chi connectivity index (χ0v) is 10.1. The molecule has 1 amide bonds. The summed E-state index contributed by atoms with van der Waals surface area (Å²) >= 11 is 0. The number of hydrazone groups is 1. The lowest BCUT2D eigenvalue weighted by molar-refractivity contribution is -0.122. The van der Waals surface area contributed by atoms with Crippen LogP contribution in [0.1, 0.15) is 18.4 Å². The first kappa shape index (κ1) is 12.4. The van der Waals surface area contributed by atoms with Gasteiger partial charge in [-0.2, -0.15) is 5.10 Å². The Morgan fingerprint density at radius 2 is 2.17 bits per heavy atom. The van der Waals surface area contributed by atoms with Crippen molar-refractivity contribution in [2.45, 2.75) is 12.8 Å². The molecule has 0 atom stereocenters. The number of ether oxygens (including phenoxy) is 1. The Balaban J connectivity index is 1.83. The van der Waals surface area contributed by atoms with Gasteiger partial charge in [-0.15, -0.1) is 0 Å². The zero-order chi connectivity index (χ0) is 12.8. The average molecular weight is 244 g/mol. The molecule has 1 fully saturated rings. The molecular weight excluding hydrogens is 228 g/mol. The van der Waals surface area contributed by atoms with E-state index >= 15 is 0 Å². The molecule has 4 heteroatoms. The number of carbonyl (C=O) groups is 1. The van der Waals surface area contributed by atoms with Crippen molar-refractivity contribution in [3.63, 3.8) is 0 Å².